The molecule has 4 heteroatoms. The normalized spacial score (nSPS) is 9.81. The van der Waals surface area contributed by atoms with E-state index in [1.165, 1.54) is 0 Å². The van der Waals surface area contributed by atoms with Crippen LogP contribution in [0.4, 0.5) is 0 Å². The van der Waals surface area contributed by atoms with Crippen LogP contribution in [0.5, 0.6) is 5.75 Å². The zero-order valence-electron chi connectivity index (χ0n) is 9.20. The van der Waals surface area contributed by atoms with Gasteiger partial charge in [0, 0.05) is 4.47 Å². The molecule has 0 bridgehead atoms. The van der Waals surface area contributed by atoms with Gasteiger partial charge in [0.05, 0.1) is 12.2 Å². The van der Waals surface area contributed by atoms with Crippen LogP contribution in [0.3, 0.4) is 0 Å². The van der Waals surface area contributed by atoms with E-state index in [0.29, 0.717) is 17.9 Å². The van der Waals surface area contributed by atoms with Crippen molar-refractivity contribution in [3.8, 4) is 11.8 Å². The van der Waals surface area contributed by atoms with Crippen molar-refractivity contribution in [3.05, 3.63) is 28.2 Å². The van der Waals surface area contributed by atoms with Gasteiger partial charge in [-0.1, -0.05) is 22.9 Å². The quantitative estimate of drug-likeness (QED) is 0.748. The predicted molar refractivity (Wildman–Crippen MR) is 72.0 cm³/mol. The largest absolute Gasteiger partial charge is 0.492 e. The van der Waals surface area contributed by atoms with Gasteiger partial charge < -0.3 is 4.74 Å². The molecular weight excluding hydrogens is 286 g/mol. The Morgan fingerprint density at radius 1 is 1.50 bits per heavy atom. The van der Waals surface area contributed by atoms with Crippen LogP contribution < -0.4 is 4.74 Å². The summed E-state index contributed by atoms with van der Waals surface area (Å²) in [6.07, 6.45) is 1.01. The van der Waals surface area contributed by atoms with E-state index in [1.807, 2.05) is 23.9 Å². The Bertz CT molecular complexity index is 376. The summed E-state index contributed by atoms with van der Waals surface area (Å²) in [6.45, 7) is 2.82. The standard InChI is InChI=1S/C12H14BrNOS/c1-2-16-7-3-6-15-12-5-4-11(13)8-10(12)9-14/h4-5,8H,2-3,6-7H2,1H3. The van der Waals surface area contributed by atoms with E-state index in [1.54, 1.807) is 6.07 Å². The molecular formula is C12H14BrNOS. The average Bonchev–Trinajstić information content (AvgIpc) is 2.30. The van der Waals surface area contributed by atoms with Crippen LogP contribution >= 0.6 is 27.7 Å². The lowest BCUT2D eigenvalue weighted by Crippen LogP contribution is -2.00. The number of nitriles is 1. The van der Waals surface area contributed by atoms with Crippen molar-refractivity contribution in [2.45, 2.75) is 13.3 Å². The molecule has 1 rings (SSSR count). The summed E-state index contributed by atoms with van der Waals surface area (Å²) in [4.78, 5) is 0. The molecule has 0 amide bonds. The second kappa shape index (κ2) is 7.59. The molecule has 1 aromatic rings. The van der Waals surface area contributed by atoms with Crippen molar-refractivity contribution in [1.29, 1.82) is 5.26 Å². The minimum Gasteiger partial charge on any atom is -0.492 e. The molecule has 0 aliphatic rings. The molecule has 0 saturated heterocycles. The molecule has 0 atom stereocenters. The van der Waals surface area contributed by atoms with E-state index in [4.69, 9.17) is 10.00 Å². The fourth-order valence-corrected chi connectivity index (χ4v) is 2.17. The Balaban J connectivity index is 2.45. The molecule has 0 unspecified atom stereocenters. The fraction of sp³-hybridized carbons (Fsp3) is 0.417. The van der Waals surface area contributed by atoms with E-state index in [2.05, 4.69) is 28.9 Å². The Hall–Kier alpha value is -0.660. The second-order valence-corrected chi connectivity index (χ2v) is 5.46. The van der Waals surface area contributed by atoms with Gasteiger partial charge in [0.15, 0.2) is 0 Å². The first-order valence-electron chi connectivity index (χ1n) is 5.18. The third-order valence-electron chi connectivity index (χ3n) is 1.96. The first-order chi connectivity index (χ1) is 7.77. The molecule has 0 fully saturated rings. The van der Waals surface area contributed by atoms with Gasteiger partial charge in [0.2, 0.25) is 0 Å². The summed E-state index contributed by atoms with van der Waals surface area (Å²) in [5.74, 6) is 2.92. The summed E-state index contributed by atoms with van der Waals surface area (Å²) in [7, 11) is 0. The highest BCUT2D eigenvalue weighted by Crippen LogP contribution is 2.22. The van der Waals surface area contributed by atoms with Crippen LogP contribution in [0.2, 0.25) is 0 Å². The number of nitrogens with zero attached hydrogens (tertiary/aromatic N) is 1. The summed E-state index contributed by atoms with van der Waals surface area (Å²) >= 11 is 5.23. The van der Waals surface area contributed by atoms with E-state index in [0.717, 1.165) is 22.4 Å². The minimum atomic E-state index is 0.581. The summed E-state index contributed by atoms with van der Waals surface area (Å²) in [5, 5.41) is 8.93. The maximum absolute atomic E-state index is 8.93. The number of hydrogen-bond donors (Lipinski definition) is 0. The highest BCUT2D eigenvalue weighted by Gasteiger charge is 2.03. The monoisotopic (exact) mass is 299 g/mol. The van der Waals surface area contributed by atoms with Gasteiger partial charge in [-0.2, -0.15) is 17.0 Å². The summed E-state index contributed by atoms with van der Waals surface area (Å²) in [6, 6.07) is 7.62. The molecule has 1 aromatic carbocycles. The SMILES string of the molecule is CCSCCCOc1ccc(Br)cc1C#N. The van der Waals surface area contributed by atoms with Crippen molar-refractivity contribution < 1.29 is 4.74 Å². The lowest BCUT2D eigenvalue weighted by Gasteiger charge is -2.07. The van der Waals surface area contributed by atoms with Crippen molar-refractivity contribution >= 4 is 27.7 Å². The summed E-state index contributed by atoms with van der Waals surface area (Å²) in [5.41, 5.74) is 0.581. The molecule has 0 saturated carbocycles. The lowest BCUT2D eigenvalue weighted by molar-refractivity contribution is 0.318. The van der Waals surface area contributed by atoms with Crippen LogP contribution in [-0.4, -0.2) is 18.1 Å². The molecule has 16 heavy (non-hydrogen) atoms. The summed E-state index contributed by atoms with van der Waals surface area (Å²) < 4.78 is 6.47. The van der Waals surface area contributed by atoms with Crippen molar-refractivity contribution in [1.82, 2.24) is 0 Å². The molecule has 0 aliphatic carbocycles. The van der Waals surface area contributed by atoms with E-state index < -0.39 is 0 Å². The molecule has 86 valence electrons. The number of ether oxygens (including phenoxy) is 1. The van der Waals surface area contributed by atoms with E-state index in [-0.39, 0.29) is 0 Å². The Morgan fingerprint density at radius 3 is 3.00 bits per heavy atom. The Morgan fingerprint density at radius 2 is 2.31 bits per heavy atom. The molecule has 2 nitrogen and oxygen atoms in total. The van der Waals surface area contributed by atoms with Crippen LogP contribution in [0.25, 0.3) is 0 Å². The van der Waals surface area contributed by atoms with Gasteiger partial charge in [-0.05, 0) is 36.1 Å². The fourth-order valence-electron chi connectivity index (χ4n) is 1.20. The van der Waals surface area contributed by atoms with Gasteiger partial charge in [-0.15, -0.1) is 0 Å². The number of benzene rings is 1. The van der Waals surface area contributed by atoms with Crippen molar-refractivity contribution in [2.24, 2.45) is 0 Å². The predicted octanol–water partition coefficient (Wildman–Crippen LogP) is 3.84. The van der Waals surface area contributed by atoms with Crippen LogP contribution in [0.15, 0.2) is 22.7 Å². The highest BCUT2D eigenvalue weighted by atomic mass is 79.9. The smallest absolute Gasteiger partial charge is 0.137 e. The van der Waals surface area contributed by atoms with E-state index >= 15 is 0 Å². The van der Waals surface area contributed by atoms with Gasteiger partial charge >= 0.3 is 0 Å². The molecule has 0 heterocycles. The molecule has 0 aliphatic heterocycles. The number of hydrogen-bond acceptors (Lipinski definition) is 3. The molecule has 0 aromatic heterocycles. The Labute approximate surface area is 109 Å². The molecule has 0 N–H and O–H groups in total. The van der Waals surface area contributed by atoms with Crippen LogP contribution in [0.1, 0.15) is 18.9 Å². The van der Waals surface area contributed by atoms with E-state index in [9.17, 15) is 0 Å². The third-order valence-corrected chi connectivity index (χ3v) is 3.44. The minimum absolute atomic E-state index is 0.581. The number of rotatable bonds is 6. The topological polar surface area (TPSA) is 33.0 Å². The number of thioether (sulfide) groups is 1. The van der Waals surface area contributed by atoms with Gasteiger partial charge in [0.25, 0.3) is 0 Å². The first kappa shape index (κ1) is 13.4. The Kier molecular flexibility index (Phi) is 6.36. The van der Waals surface area contributed by atoms with Gasteiger partial charge in [-0.3, -0.25) is 0 Å². The maximum atomic E-state index is 8.93. The molecule has 0 spiro atoms. The molecule has 0 radical (unpaired) electrons. The second-order valence-electron chi connectivity index (χ2n) is 3.15. The van der Waals surface area contributed by atoms with Gasteiger partial charge in [-0.25, -0.2) is 0 Å². The van der Waals surface area contributed by atoms with Crippen LogP contribution in [-0.2, 0) is 0 Å². The average molecular weight is 300 g/mol. The number of halogens is 1. The van der Waals surface area contributed by atoms with Crippen LogP contribution in [0, 0.1) is 11.3 Å². The maximum Gasteiger partial charge on any atom is 0.137 e. The van der Waals surface area contributed by atoms with Crippen molar-refractivity contribution in [3.63, 3.8) is 0 Å². The third kappa shape index (κ3) is 4.46. The van der Waals surface area contributed by atoms with Crippen molar-refractivity contribution in [2.75, 3.05) is 18.1 Å². The van der Waals surface area contributed by atoms with Gasteiger partial charge in [0.1, 0.15) is 11.8 Å². The zero-order valence-corrected chi connectivity index (χ0v) is 11.6. The lowest BCUT2D eigenvalue weighted by atomic mass is 10.2. The zero-order chi connectivity index (χ0) is 11.8. The highest BCUT2D eigenvalue weighted by molar-refractivity contribution is 9.10. The first-order valence-corrected chi connectivity index (χ1v) is 7.13.